The molecule has 1 aromatic carbocycles. The molecule has 1 aromatic heterocycles. The molecular weight excluding hydrogens is 306 g/mol. The van der Waals surface area contributed by atoms with Crippen molar-refractivity contribution in [1.82, 2.24) is 14.7 Å². The molecule has 2 aromatic rings. The van der Waals surface area contributed by atoms with Gasteiger partial charge in [-0.1, -0.05) is 38.1 Å². The predicted molar refractivity (Wildman–Crippen MR) is 88.9 cm³/mol. The molecule has 1 amide bonds. The fourth-order valence-corrected chi connectivity index (χ4v) is 3.17. The summed E-state index contributed by atoms with van der Waals surface area (Å²) >= 11 is 0. The number of fused-ring (bicyclic) bond motifs is 1. The molecule has 126 valence electrons. The number of rotatable bonds is 3. The number of hydrogen-bond donors (Lipinski definition) is 1. The first kappa shape index (κ1) is 16.2. The zero-order chi connectivity index (χ0) is 17.4. The van der Waals surface area contributed by atoms with Crippen molar-refractivity contribution in [1.29, 1.82) is 0 Å². The minimum Gasteiger partial charge on any atom is -0.479 e. The highest BCUT2D eigenvalue weighted by Crippen LogP contribution is 2.31. The van der Waals surface area contributed by atoms with Crippen LogP contribution in [0.25, 0.3) is 0 Å². The molecule has 0 bridgehead atoms. The van der Waals surface area contributed by atoms with Crippen molar-refractivity contribution in [3.63, 3.8) is 0 Å². The Bertz CT molecular complexity index is 795. The quantitative estimate of drug-likeness (QED) is 0.939. The van der Waals surface area contributed by atoms with Crippen molar-refractivity contribution in [2.45, 2.75) is 32.2 Å². The highest BCUT2D eigenvalue weighted by Gasteiger charge is 2.37. The zero-order valence-corrected chi connectivity index (χ0v) is 14.1. The third-order valence-electron chi connectivity index (χ3n) is 4.49. The maximum Gasteiger partial charge on any atom is 0.331 e. The molecule has 0 saturated carbocycles. The van der Waals surface area contributed by atoms with E-state index in [2.05, 4.69) is 5.10 Å². The average Bonchev–Trinajstić information content (AvgIpc) is 2.95. The minimum atomic E-state index is -1.01. The van der Waals surface area contributed by atoms with Crippen LogP contribution in [0.3, 0.4) is 0 Å². The van der Waals surface area contributed by atoms with Gasteiger partial charge in [-0.2, -0.15) is 5.10 Å². The number of carbonyl (C=O) groups excluding carboxylic acids is 1. The molecule has 1 atom stereocenters. The van der Waals surface area contributed by atoms with Gasteiger partial charge in [0.1, 0.15) is 5.69 Å². The smallest absolute Gasteiger partial charge is 0.331 e. The lowest BCUT2D eigenvalue weighted by atomic mass is 9.92. The van der Waals surface area contributed by atoms with Crippen molar-refractivity contribution < 1.29 is 14.7 Å². The first-order valence-electron chi connectivity index (χ1n) is 8.05. The minimum absolute atomic E-state index is 0.204. The third kappa shape index (κ3) is 2.68. The van der Waals surface area contributed by atoms with Crippen molar-refractivity contribution in [3.05, 3.63) is 52.8 Å². The van der Waals surface area contributed by atoms with Crippen LogP contribution in [0.4, 0.5) is 0 Å². The SMILES string of the molecule is CC(C)c1cc(C(=O)N2CCc3ccccc3C2C(=O)O)n(C)n1. The Morgan fingerprint density at radius 3 is 2.62 bits per heavy atom. The molecule has 1 N–H and O–H groups in total. The van der Waals surface area contributed by atoms with E-state index >= 15 is 0 Å². The first-order chi connectivity index (χ1) is 11.4. The summed E-state index contributed by atoms with van der Waals surface area (Å²) in [6.07, 6.45) is 0.653. The number of aliphatic carboxylic acids is 1. The molecule has 6 heteroatoms. The summed E-state index contributed by atoms with van der Waals surface area (Å²) in [6, 6.07) is 8.21. The molecule has 1 aliphatic rings. The number of aryl methyl sites for hydroxylation is 1. The van der Waals surface area contributed by atoms with Gasteiger partial charge in [0.05, 0.1) is 5.69 Å². The molecule has 0 spiro atoms. The Kier molecular flexibility index (Phi) is 4.13. The number of amides is 1. The lowest BCUT2D eigenvalue weighted by Crippen LogP contribution is -2.44. The maximum atomic E-state index is 13.0. The van der Waals surface area contributed by atoms with Gasteiger partial charge in [0, 0.05) is 13.6 Å². The lowest BCUT2D eigenvalue weighted by Gasteiger charge is -2.34. The van der Waals surface area contributed by atoms with Crippen LogP contribution in [-0.4, -0.2) is 38.2 Å². The molecular formula is C18H21N3O3. The Hall–Kier alpha value is -2.63. The highest BCUT2D eigenvalue weighted by molar-refractivity contribution is 5.96. The molecule has 24 heavy (non-hydrogen) atoms. The van der Waals surface area contributed by atoms with E-state index in [-0.39, 0.29) is 11.8 Å². The second kappa shape index (κ2) is 6.11. The summed E-state index contributed by atoms with van der Waals surface area (Å²) in [6.45, 7) is 4.40. The van der Waals surface area contributed by atoms with E-state index < -0.39 is 12.0 Å². The molecule has 0 fully saturated rings. The van der Waals surface area contributed by atoms with Gasteiger partial charge in [0.2, 0.25) is 0 Å². The second-order valence-corrected chi connectivity index (χ2v) is 6.42. The van der Waals surface area contributed by atoms with Gasteiger partial charge in [0.25, 0.3) is 5.91 Å². The van der Waals surface area contributed by atoms with Crippen LogP contribution in [-0.2, 0) is 18.3 Å². The van der Waals surface area contributed by atoms with E-state index in [1.54, 1.807) is 19.2 Å². The number of carboxylic acids is 1. The van der Waals surface area contributed by atoms with Crippen LogP contribution in [0.1, 0.15) is 53.1 Å². The summed E-state index contributed by atoms with van der Waals surface area (Å²) in [4.78, 5) is 26.3. The molecule has 3 rings (SSSR count). The maximum absolute atomic E-state index is 13.0. The lowest BCUT2D eigenvalue weighted by molar-refractivity contribution is -0.143. The predicted octanol–water partition coefficient (Wildman–Crippen LogP) is 2.37. The number of nitrogens with zero attached hydrogens (tertiary/aromatic N) is 3. The molecule has 1 aliphatic heterocycles. The number of carboxylic acid groups (broad SMARTS) is 1. The highest BCUT2D eigenvalue weighted by atomic mass is 16.4. The first-order valence-corrected chi connectivity index (χ1v) is 8.05. The fourth-order valence-electron chi connectivity index (χ4n) is 3.17. The van der Waals surface area contributed by atoms with Gasteiger partial charge in [-0.3, -0.25) is 9.48 Å². The summed E-state index contributed by atoms with van der Waals surface area (Å²) in [5, 5.41) is 14.1. The molecule has 0 saturated heterocycles. The summed E-state index contributed by atoms with van der Waals surface area (Å²) in [7, 11) is 1.72. The Labute approximate surface area is 140 Å². The van der Waals surface area contributed by atoms with E-state index in [0.717, 1.165) is 11.3 Å². The van der Waals surface area contributed by atoms with Gasteiger partial charge in [-0.15, -0.1) is 0 Å². The van der Waals surface area contributed by atoms with Gasteiger partial charge in [0.15, 0.2) is 6.04 Å². The number of hydrogen-bond acceptors (Lipinski definition) is 3. The van der Waals surface area contributed by atoms with Crippen LogP contribution in [0, 0.1) is 0 Å². The van der Waals surface area contributed by atoms with Crippen LogP contribution in [0.5, 0.6) is 0 Å². The van der Waals surface area contributed by atoms with E-state index in [9.17, 15) is 14.7 Å². The molecule has 0 radical (unpaired) electrons. The van der Waals surface area contributed by atoms with Crippen LogP contribution in [0.2, 0.25) is 0 Å². The third-order valence-corrected chi connectivity index (χ3v) is 4.49. The topological polar surface area (TPSA) is 75.4 Å². The van der Waals surface area contributed by atoms with Crippen LogP contribution in [0.15, 0.2) is 30.3 Å². The van der Waals surface area contributed by atoms with Crippen molar-refractivity contribution in [3.8, 4) is 0 Å². The van der Waals surface area contributed by atoms with Crippen molar-refractivity contribution in [2.24, 2.45) is 7.05 Å². The fraction of sp³-hybridized carbons (Fsp3) is 0.389. The average molecular weight is 327 g/mol. The number of carbonyl (C=O) groups is 2. The summed E-state index contributed by atoms with van der Waals surface area (Å²) < 4.78 is 1.54. The van der Waals surface area contributed by atoms with Crippen LogP contribution < -0.4 is 0 Å². The summed E-state index contributed by atoms with van der Waals surface area (Å²) in [5.74, 6) is -1.10. The van der Waals surface area contributed by atoms with E-state index in [0.29, 0.717) is 24.2 Å². The van der Waals surface area contributed by atoms with Crippen molar-refractivity contribution >= 4 is 11.9 Å². The van der Waals surface area contributed by atoms with Gasteiger partial charge in [-0.05, 0) is 29.5 Å². The molecule has 1 unspecified atom stereocenters. The van der Waals surface area contributed by atoms with Gasteiger partial charge >= 0.3 is 5.97 Å². The van der Waals surface area contributed by atoms with E-state index in [4.69, 9.17) is 0 Å². The summed E-state index contributed by atoms with van der Waals surface area (Å²) in [5.41, 5.74) is 2.92. The molecule has 2 heterocycles. The molecule has 6 nitrogen and oxygen atoms in total. The largest absolute Gasteiger partial charge is 0.479 e. The zero-order valence-electron chi connectivity index (χ0n) is 14.1. The van der Waals surface area contributed by atoms with E-state index in [1.165, 1.54) is 9.58 Å². The molecule has 0 aliphatic carbocycles. The number of benzene rings is 1. The van der Waals surface area contributed by atoms with E-state index in [1.807, 2.05) is 32.0 Å². The van der Waals surface area contributed by atoms with Gasteiger partial charge in [-0.25, -0.2) is 4.79 Å². The Morgan fingerprint density at radius 2 is 2.00 bits per heavy atom. The van der Waals surface area contributed by atoms with Crippen LogP contribution >= 0.6 is 0 Å². The Morgan fingerprint density at radius 1 is 1.29 bits per heavy atom. The normalized spacial score (nSPS) is 17.0. The van der Waals surface area contributed by atoms with Crippen molar-refractivity contribution in [2.75, 3.05) is 6.54 Å². The standard InChI is InChI=1S/C18H21N3O3/c1-11(2)14-10-15(20(3)19-14)17(22)21-9-8-12-6-4-5-7-13(12)16(21)18(23)24/h4-7,10-11,16H,8-9H2,1-3H3,(H,23,24). The second-order valence-electron chi connectivity index (χ2n) is 6.42. The number of aromatic nitrogens is 2. The Balaban J connectivity index is 1.99. The van der Waals surface area contributed by atoms with Gasteiger partial charge < -0.3 is 10.0 Å². The monoisotopic (exact) mass is 327 g/mol.